The van der Waals surface area contributed by atoms with Crippen molar-refractivity contribution in [3.05, 3.63) is 29.8 Å². The highest BCUT2D eigenvalue weighted by molar-refractivity contribution is 7.80. The molecule has 0 aliphatic carbocycles. The molecule has 1 atom stereocenters. The Bertz CT molecular complexity index is 373. The molecule has 18 heavy (non-hydrogen) atoms. The minimum Gasteiger partial charge on any atom is -0.486 e. The van der Waals surface area contributed by atoms with Crippen molar-refractivity contribution in [2.24, 2.45) is 0 Å². The van der Waals surface area contributed by atoms with Gasteiger partial charge in [-0.05, 0) is 36.3 Å². The van der Waals surface area contributed by atoms with E-state index in [9.17, 15) is 0 Å². The van der Waals surface area contributed by atoms with E-state index in [1.807, 2.05) is 14.1 Å². The van der Waals surface area contributed by atoms with Crippen molar-refractivity contribution >= 4 is 23.0 Å². The largest absolute Gasteiger partial charge is 0.486 e. The number of hydrogen-bond donors (Lipinski definition) is 0. The van der Waals surface area contributed by atoms with E-state index in [-0.39, 0.29) is 5.92 Å². The number of thiocarbonyl (C=S) groups is 1. The summed E-state index contributed by atoms with van der Waals surface area (Å²) in [7, 11) is 4.08. The first-order valence-electron chi connectivity index (χ1n) is 6.50. The third-order valence-electron chi connectivity index (χ3n) is 3.01. The summed E-state index contributed by atoms with van der Waals surface area (Å²) in [5.74, 6) is 0.174. The average molecular weight is 265 g/mol. The Morgan fingerprint density at radius 1 is 1.28 bits per heavy atom. The minimum absolute atomic E-state index is 0.174. The second-order valence-electron chi connectivity index (χ2n) is 4.73. The molecule has 100 valence electrons. The lowest BCUT2D eigenvalue weighted by molar-refractivity contribution is 0.293. The van der Waals surface area contributed by atoms with Gasteiger partial charge in [-0.3, -0.25) is 0 Å². The number of nitrogens with zero attached hydrogens (tertiary/aromatic N) is 1. The summed E-state index contributed by atoms with van der Waals surface area (Å²) < 4.78 is 5.60. The van der Waals surface area contributed by atoms with Crippen LogP contribution < -0.4 is 4.90 Å². The van der Waals surface area contributed by atoms with E-state index in [0.717, 1.165) is 19.4 Å². The fraction of sp³-hybridized carbons (Fsp3) is 0.533. The van der Waals surface area contributed by atoms with E-state index < -0.39 is 0 Å². The summed E-state index contributed by atoms with van der Waals surface area (Å²) in [6.07, 6.45) is 2.20. The Balaban J connectivity index is 2.60. The predicted molar refractivity (Wildman–Crippen MR) is 82.6 cm³/mol. The first-order chi connectivity index (χ1) is 8.56. The van der Waals surface area contributed by atoms with Crippen LogP contribution in [-0.4, -0.2) is 25.8 Å². The molecule has 1 aromatic rings. The fourth-order valence-corrected chi connectivity index (χ4v) is 1.86. The molecule has 0 aliphatic heterocycles. The Labute approximate surface area is 116 Å². The molecule has 0 saturated heterocycles. The third-order valence-corrected chi connectivity index (χ3v) is 3.48. The van der Waals surface area contributed by atoms with E-state index in [4.69, 9.17) is 17.0 Å². The lowest BCUT2D eigenvalue weighted by Gasteiger charge is -2.17. The molecule has 1 rings (SSSR count). The van der Waals surface area contributed by atoms with Crippen LogP contribution in [0.2, 0.25) is 0 Å². The number of rotatable bonds is 6. The smallest absolute Gasteiger partial charge is 0.166 e. The molecule has 0 fully saturated rings. The van der Waals surface area contributed by atoms with Gasteiger partial charge < -0.3 is 9.64 Å². The van der Waals surface area contributed by atoms with Gasteiger partial charge in [-0.15, -0.1) is 0 Å². The number of anilines is 1. The molecule has 0 bridgehead atoms. The maximum absolute atomic E-state index is 5.60. The zero-order valence-electron chi connectivity index (χ0n) is 11.8. The Morgan fingerprint density at radius 3 is 2.39 bits per heavy atom. The van der Waals surface area contributed by atoms with Crippen molar-refractivity contribution in [3.63, 3.8) is 0 Å². The molecule has 0 N–H and O–H groups in total. The second-order valence-corrected chi connectivity index (χ2v) is 5.13. The maximum Gasteiger partial charge on any atom is 0.166 e. The molecule has 0 saturated carbocycles. The molecule has 0 aromatic heterocycles. The highest BCUT2D eigenvalue weighted by Crippen LogP contribution is 2.21. The zero-order chi connectivity index (χ0) is 13.5. The number of unbranched alkanes of at least 4 members (excludes halogenated alkanes) is 1. The van der Waals surface area contributed by atoms with Gasteiger partial charge in [-0.25, -0.2) is 0 Å². The van der Waals surface area contributed by atoms with Crippen molar-refractivity contribution in [3.8, 4) is 0 Å². The first kappa shape index (κ1) is 15.0. The van der Waals surface area contributed by atoms with Gasteiger partial charge in [0.05, 0.1) is 6.61 Å². The molecule has 3 heteroatoms. The topological polar surface area (TPSA) is 12.5 Å². The minimum atomic E-state index is 0.174. The Morgan fingerprint density at radius 2 is 1.89 bits per heavy atom. The van der Waals surface area contributed by atoms with E-state index in [2.05, 4.69) is 43.0 Å². The van der Waals surface area contributed by atoms with Crippen LogP contribution in [0.5, 0.6) is 0 Å². The number of hydrogen-bond acceptors (Lipinski definition) is 3. The highest BCUT2D eigenvalue weighted by Gasteiger charge is 2.12. The maximum atomic E-state index is 5.60. The summed E-state index contributed by atoms with van der Waals surface area (Å²) in [5.41, 5.74) is 2.41. The zero-order valence-corrected chi connectivity index (χ0v) is 12.6. The number of ether oxygens (including phenoxy) is 1. The molecule has 0 spiro atoms. The summed E-state index contributed by atoms with van der Waals surface area (Å²) >= 11 is 5.32. The standard InChI is InChI=1S/C15H23NOS/c1-5-6-11-17-15(18)12(2)13-7-9-14(10-8-13)16(3)4/h7-10,12H,5-6,11H2,1-4H3/t12-/m0/s1. The van der Waals surface area contributed by atoms with Crippen LogP contribution in [0, 0.1) is 0 Å². The summed E-state index contributed by atoms with van der Waals surface area (Å²) in [6, 6.07) is 8.46. The van der Waals surface area contributed by atoms with Gasteiger partial charge in [0.2, 0.25) is 0 Å². The van der Waals surface area contributed by atoms with Crippen LogP contribution in [0.1, 0.15) is 38.2 Å². The molecule has 0 amide bonds. The third kappa shape index (κ3) is 4.30. The van der Waals surface area contributed by atoms with Crippen LogP contribution in [0.15, 0.2) is 24.3 Å². The molecule has 0 radical (unpaired) electrons. The van der Waals surface area contributed by atoms with Crippen molar-refractivity contribution in [2.75, 3.05) is 25.6 Å². The van der Waals surface area contributed by atoms with E-state index in [0.29, 0.717) is 5.05 Å². The van der Waals surface area contributed by atoms with Crippen molar-refractivity contribution in [2.45, 2.75) is 32.6 Å². The quantitative estimate of drug-likeness (QED) is 0.570. The highest BCUT2D eigenvalue weighted by atomic mass is 32.1. The van der Waals surface area contributed by atoms with Gasteiger partial charge in [0, 0.05) is 25.7 Å². The van der Waals surface area contributed by atoms with Crippen LogP contribution in [0.3, 0.4) is 0 Å². The van der Waals surface area contributed by atoms with E-state index in [1.54, 1.807) is 0 Å². The van der Waals surface area contributed by atoms with Gasteiger partial charge in [-0.2, -0.15) is 0 Å². The van der Waals surface area contributed by atoms with Gasteiger partial charge in [-0.1, -0.05) is 32.4 Å². The lowest BCUT2D eigenvalue weighted by Crippen LogP contribution is -2.12. The monoisotopic (exact) mass is 265 g/mol. The first-order valence-corrected chi connectivity index (χ1v) is 6.91. The van der Waals surface area contributed by atoms with Crippen LogP contribution in [0.4, 0.5) is 5.69 Å². The Kier molecular flexibility index (Phi) is 6.13. The van der Waals surface area contributed by atoms with Gasteiger partial charge >= 0.3 is 0 Å². The second kappa shape index (κ2) is 7.37. The van der Waals surface area contributed by atoms with Crippen LogP contribution >= 0.6 is 12.2 Å². The molecular weight excluding hydrogens is 242 g/mol. The summed E-state index contributed by atoms with van der Waals surface area (Å²) in [5, 5.41) is 0.695. The van der Waals surface area contributed by atoms with Crippen molar-refractivity contribution in [1.82, 2.24) is 0 Å². The lowest BCUT2D eigenvalue weighted by atomic mass is 10.0. The normalized spacial score (nSPS) is 12.0. The van der Waals surface area contributed by atoms with Gasteiger partial charge in [0.25, 0.3) is 0 Å². The van der Waals surface area contributed by atoms with E-state index in [1.165, 1.54) is 11.3 Å². The van der Waals surface area contributed by atoms with E-state index >= 15 is 0 Å². The summed E-state index contributed by atoms with van der Waals surface area (Å²) in [4.78, 5) is 2.09. The molecule has 0 aliphatic rings. The average Bonchev–Trinajstić information content (AvgIpc) is 2.38. The summed E-state index contributed by atoms with van der Waals surface area (Å²) in [6.45, 7) is 4.98. The molecule has 1 aromatic carbocycles. The number of benzene rings is 1. The van der Waals surface area contributed by atoms with Gasteiger partial charge in [0.15, 0.2) is 5.05 Å². The molecular formula is C15H23NOS. The SMILES string of the molecule is CCCCOC(=S)[C@@H](C)c1ccc(N(C)C)cc1. The van der Waals surface area contributed by atoms with Crippen molar-refractivity contribution < 1.29 is 4.74 Å². The molecule has 0 unspecified atom stereocenters. The van der Waals surface area contributed by atoms with Gasteiger partial charge in [0.1, 0.15) is 0 Å². The van der Waals surface area contributed by atoms with Crippen molar-refractivity contribution in [1.29, 1.82) is 0 Å². The predicted octanol–water partition coefficient (Wildman–Crippen LogP) is 4.00. The molecule has 0 heterocycles. The molecule has 2 nitrogen and oxygen atoms in total. The fourth-order valence-electron chi connectivity index (χ4n) is 1.64. The van der Waals surface area contributed by atoms with Crippen LogP contribution in [0.25, 0.3) is 0 Å². The van der Waals surface area contributed by atoms with Crippen LogP contribution in [-0.2, 0) is 4.74 Å². The Hall–Kier alpha value is -1.09.